The first-order valence-electron chi connectivity index (χ1n) is 8.01. The lowest BCUT2D eigenvalue weighted by atomic mass is 10.2. The molecule has 0 unspecified atom stereocenters. The van der Waals surface area contributed by atoms with E-state index < -0.39 is 23.8 Å². The summed E-state index contributed by atoms with van der Waals surface area (Å²) in [6.45, 7) is 0.975. The summed E-state index contributed by atoms with van der Waals surface area (Å²) in [5.74, 6) is 0.608. The van der Waals surface area contributed by atoms with Gasteiger partial charge in [-0.05, 0) is 24.3 Å². The first-order valence-corrected chi connectivity index (χ1v) is 9.16. The molecule has 1 N–H and O–H groups in total. The first-order chi connectivity index (χ1) is 11.6. The molecule has 1 amide bonds. The maximum Gasteiger partial charge on any atom is 0.414 e. The lowest BCUT2D eigenvalue weighted by Gasteiger charge is -2.28. The Balaban J connectivity index is 1.84. The molecule has 8 heteroatoms. The maximum atomic E-state index is 14.6. The minimum Gasteiger partial charge on any atom is -0.441 e. The molecular formula is C16H20F2N2O3S. The van der Waals surface area contributed by atoms with Gasteiger partial charge in [0.1, 0.15) is 11.8 Å². The number of carbonyl (C=O) groups excluding carboxylic acids is 1. The smallest absolute Gasteiger partial charge is 0.414 e. The zero-order valence-electron chi connectivity index (χ0n) is 13.2. The van der Waals surface area contributed by atoms with Crippen LogP contribution in [0.1, 0.15) is 12.8 Å². The molecule has 2 aliphatic heterocycles. The Kier molecular flexibility index (Phi) is 5.45. The van der Waals surface area contributed by atoms with Crippen LogP contribution in [0.15, 0.2) is 12.1 Å². The van der Waals surface area contributed by atoms with Crippen molar-refractivity contribution in [1.29, 1.82) is 0 Å². The number of benzene rings is 1. The number of nitrogens with zero attached hydrogens (tertiary/aromatic N) is 2. The molecule has 0 radical (unpaired) electrons. The lowest BCUT2D eigenvalue weighted by Crippen LogP contribution is -2.30. The molecule has 2 aliphatic rings. The maximum absolute atomic E-state index is 14.6. The highest BCUT2D eigenvalue weighted by molar-refractivity contribution is 7.99. The Bertz CT molecular complexity index is 586. The number of cyclic esters (lactones) is 1. The van der Waals surface area contributed by atoms with Crippen LogP contribution in [-0.2, 0) is 4.74 Å². The van der Waals surface area contributed by atoms with Gasteiger partial charge in [-0.15, -0.1) is 0 Å². The minimum atomic E-state index is -0.705. The predicted molar refractivity (Wildman–Crippen MR) is 89.8 cm³/mol. The molecule has 1 aromatic carbocycles. The molecule has 5 nitrogen and oxygen atoms in total. The van der Waals surface area contributed by atoms with Gasteiger partial charge in [0.05, 0.1) is 18.8 Å². The number of hydrogen-bond acceptors (Lipinski definition) is 5. The molecule has 0 aromatic heterocycles. The van der Waals surface area contributed by atoms with E-state index in [2.05, 4.69) is 0 Å². The van der Waals surface area contributed by atoms with Crippen LogP contribution in [0.3, 0.4) is 0 Å². The highest BCUT2D eigenvalue weighted by atomic mass is 32.2. The van der Waals surface area contributed by atoms with Crippen molar-refractivity contribution in [2.24, 2.45) is 0 Å². The predicted octanol–water partition coefficient (Wildman–Crippen LogP) is 2.62. The number of thioether (sulfide) groups is 1. The Hall–Kier alpha value is -1.54. The van der Waals surface area contributed by atoms with Gasteiger partial charge in [-0.1, -0.05) is 0 Å². The van der Waals surface area contributed by atoms with Gasteiger partial charge in [0, 0.05) is 25.2 Å². The largest absolute Gasteiger partial charge is 0.441 e. The second kappa shape index (κ2) is 7.57. The van der Waals surface area contributed by atoms with Gasteiger partial charge in [0.15, 0.2) is 11.6 Å². The second-order valence-corrected chi connectivity index (χ2v) is 7.09. The average Bonchev–Trinajstić information content (AvgIpc) is 2.89. The summed E-state index contributed by atoms with van der Waals surface area (Å²) in [5, 5.41) is 9.06. The number of halogens is 2. The Labute approximate surface area is 143 Å². The molecule has 1 aromatic rings. The Morgan fingerprint density at radius 1 is 1.21 bits per heavy atom. The summed E-state index contributed by atoms with van der Waals surface area (Å²) >= 11 is 1.86. The topological polar surface area (TPSA) is 53.0 Å². The van der Waals surface area contributed by atoms with E-state index >= 15 is 0 Å². The Morgan fingerprint density at radius 2 is 1.83 bits per heavy atom. The molecular weight excluding hydrogens is 338 g/mol. The summed E-state index contributed by atoms with van der Waals surface area (Å²) in [4.78, 5) is 14.7. The van der Waals surface area contributed by atoms with Crippen molar-refractivity contribution in [2.75, 3.05) is 47.5 Å². The van der Waals surface area contributed by atoms with E-state index in [0.717, 1.165) is 41.4 Å². The third-order valence-electron chi connectivity index (χ3n) is 4.14. The van der Waals surface area contributed by atoms with Gasteiger partial charge in [-0.3, -0.25) is 4.90 Å². The van der Waals surface area contributed by atoms with E-state index in [1.807, 2.05) is 11.8 Å². The fourth-order valence-corrected chi connectivity index (χ4v) is 3.86. The number of amides is 1. The van der Waals surface area contributed by atoms with Crippen LogP contribution in [0.2, 0.25) is 0 Å². The molecule has 0 saturated carbocycles. The van der Waals surface area contributed by atoms with Gasteiger partial charge in [0.25, 0.3) is 0 Å². The number of hydrogen-bond donors (Lipinski definition) is 1. The number of anilines is 2. The van der Waals surface area contributed by atoms with Crippen molar-refractivity contribution >= 4 is 29.2 Å². The van der Waals surface area contributed by atoms with Gasteiger partial charge >= 0.3 is 6.09 Å². The molecule has 2 heterocycles. The van der Waals surface area contributed by atoms with Crippen LogP contribution in [0.5, 0.6) is 0 Å². The number of aliphatic hydroxyl groups is 1. The standard InChI is InChI=1S/C16H20F2N2O3S/c17-13-7-11(20-9-12(10-21)23-16(20)22)8-14(18)15(13)19-3-1-5-24-6-2-4-19/h7-8,12,21H,1-6,9-10H2/t12-/m1/s1. The molecule has 3 rings (SSSR count). The van der Waals surface area contributed by atoms with Crippen LogP contribution in [0, 0.1) is 11.6 Å². The van der Waals surface area contributed by atoms with Gasteiger partial charge in [-0.2, -0.15) is 11.8 Å². The monoisotopic (exact) mass is 358 g/mol. The highest BCUT2D eigenvalue weighted by Gasteiger charge is 2.33. The van der Waals surface area contributed by atoms with Crippen molar-refractivity contribution in [3.05, 3.63) is 23.8 Å². The van der Waals surface area contributed by atoms with Crippen molar-refractivity contribution in [3.63, 3.8) is 0 Å². The van der Waals surface area contributed by atoms with Gasteiger partial charge in [0.2, 0.25) is 0 Å². The van der Waals surface area contributed by atoms with Gasteiger partial charge < -0.3 is 14.7 Å². The first kappa shape index (κ1) is 17.3. The molecule has 0 bridgehead atoms. The number of ether oxygens (including phenoxy) is 1. The number of aliphatic hydroxyl groups excluding tert-OH is 1. The molecule has 2 saturated heterocycles. The van der Waals surface area contributed by atoms with Crippen molar-refractivity contribution in [3.8, 4) is 0 Å². The fourth-order valence-electron chi connectivity index (χ4n) is 2.99. The molecule has 0 spiro atoms. The average molecular weight is 358 g/mol. The van der Waals surface area contributed by atoms with Crippen LogP contribution < -0.4 is 9.80 Å². The molecule has 24 heavy (non-hydrogen) atoms. The van der Waals surface area contributed by atoms with E-state index in [1.165, 1.54) is 0 Å². The summed E-state index contributed by atoms with van der Waals surface area (Å²) in [6.07, 6.45) is 0.378. The van der Waals surface area contributed by atoms with Gasteiger partial charge in [-0.25, -0.2) is 13.6 Å². The molecule has 1 atom stereocenters. The van der Waals surface area contributed by atoms with Crippen LogP contribution in [0.4, 0.5) is 25.0 Å². The molecule has 2 fully saturated rings. The van der Waals surface area contributed by atoms with Crippen molar-refractivity contribution in [2.45, 2.75) is 18.9 Å². The van der Waals surface area contributed by atoms with E-state index in [1.54, 1.807) is 4.90 Å². The zero-order valence-corrected chi connectivity index (χ0v) is 14.0. The Morgan fingerprint density at radius 3 is 2.38 bits per heavy atom. The zero-order chi connectivity index (χ0) is 17.1. The van der Waals surface area contributed by atoms with E-state index in [0.29, 0.717) is 13.1 Å². The van der Waals surface area contributed by atoms with Crippen molar-refractivity contribution in [1.82, 2.24) is 0 Å². The lowest BCUT2D eigenvalue weighted by molar-refractivity contribution is 0.0963. The normalized spacial score (nSPS) is 22.3. The van der Waals surface area contributed by atoms with Crippen LogP contribution in [-0.4, -0.2) is 55.1 Å². The van der Waals surface area contributed by atoms with Crippen LogP contribution in [0.25, 0.3) is 0 Å². The fraction of sp³-hybridized carbons (Fsp3) is 0.562. The molecule has 0 aliphatic carbocycles. The summed E-state index contributed by atoms with van der Waals surface area (Å²) in [5.41, 5.74) is 0.0780. The van der Waals surface area contributed by atoms with E-state index in [-0.39, 0.29) is 24.5 Å². The van der Waals surface area contributed by atoms with Crippen LogP contribution >= 0.6 is 11.8 Å². The number of rotatable bonds is 3. The summed E-state index contributed by atoms with van der Waals surface area (Å²) in [6, 6.07) is 2.32. The SMILES string of the molecule is O=C1O[C@@H](CO)CN1c1cc(F)c(N2CCCSCCC2)c(F)c1. The van der Waals surface area contributed by atoms with E-state index in [4.69, 9.17) is 9.84 Å². The third kappa shape index (κ3) is 3.59. The summed E-state index contributed by atoms with van der Waals surface area (Å²) in [7, 11) is 0. The van der Waals surface area contributed by atoms with E-state index in [9.17, 15) is 13.6 Å². The quantitative estimate of drug-likeness (QED) is 0.900. The number of carbonyl (C=O) groups is 1. The minimum absolute atomic E-state index is 0.0306. The van der Waals surface area contributed by atoms with Crippen molar-refractivity contribution < 1.29 is 23.4 Å². The second-order valence-electron chi connectivity index (χ2n) is 5.86. The third-order valence-corrected chi connectivity index (χ3v) is 5.30. The summed E-state index contributed by atoms with van der Waals surface area (Å²) < 4.78 is 34.1. The highest BCUT2D eigenvalue weighted by Crippen LogP contribution is 2.31. The molecule has 132 valence electrons.